The maximum absolute atomic E-state index is 9.30. The normalized spacial score (nSPS) is 10.6. The molecule has 4 nitrogen and oxygen atoms in total. The molecule has 0 saturated carbocycles. The van der Waals surface area contributed by atoms with Crippen molar-refractivity contribution in [2.75, 3.05) is 0 Å². The first-order chi connectivity index (χ1) is 9.20. The molecule has 0 saturated heterocycles. The van der Waals surface area contributed by atoms with Crippen LogP contribution in [0.2, 0.25) is 10.0 Å². The smallest absolute Gasteiger partial charge is 0.173 e. The molecule has 92 valence electrons. The third-order valence-electron chi connectivity index (χ3n) is 2.69. The molecule has 3 rings (SSSR count). The number of aromatic nitrogens is 3. The summed E-state index contributed by atoms with van der Waals surface area (Å²) in [5.74, 6) is 0. The second kappa shape index (κ2) is 4.54. The van der Waals surface area contributed by atoms with Gasteiger partial charge in [0.25, 0.3) is 0 Å². The van der Waals surface area contributed by atoms with E-state index >= 15 is 0 Å². The van der Waals surface area contributed by atoms with E-state index in [0.29, 0.717) is 32.5 Å². The van der Waals surface area contributed by atoms with Gasteiger partial charge in [0.05, 0.1) is 5.02 Å². The first-order valence-corrected chi connectivity index (χ1v) is 6.15. The van der Waals surface area contributed by atoms with Gasteiger partial charge in [-0.1, -0.05) is 23.2 Å². The molecule has 0 N–H and O–H groups in total. The number of fused-ring (bicyclic) bond motifs is 1. The van der Waals surface area contributed by atoms with Gasteiger partial charge in [0, 0.05) is 23.0 Å². The predicted octanol–water partition coefficient (Wildman–Crippen LogP) is 3.57. The van der Waals surface area contributed by atoms with Crippen molar-refractivity contribution in [3.63, 3.8) is 0 Å². The van der Waals surface area contributed by atoms with Crippen molar-refractivity contribution < 1.29 is 0 Å². The molecule has 19 heavy (non-hydrogen) atoms. The van der Waals surface area contributed by atoms with Crippen molar-refractivity contribution in [3.05, 3.63) is 52.3 Å². The van der Waals surface area contributed by atoms with Gasteiger partial charge in [0.15, 0.2) is 5.65 Å². The highest BCUT2D eigenvalue weighted by molar-refractivity contribution is 6.36. The summed E-state index contributed by atoms with van der Waals surface area (Å²) in [6.45, 7) is 0. The topological polar surface area (TPSA) is 54.0 Å². The zero-order valence-electron chi connectivity index (χ0n) is 9.51. The Labute approximate surface area is 118 Å². The summed E-state index contributed by atoms with van der Waals surface area (Å²) in [4.78, 5) is 4.15. The Bertz CT molecular complexity index is 817. The van der Waals surface area contributed by atoms with Gasteiger partial charge in [-0.3, -0.25) is 0 Å². The van der Waals surface area contributed by atoms with Crippen LogP contribution in [0, 0.1) is 11.3 Å². The minimum absolute atomic E-state index is 0.393. The highest BCUT2D eigenvalue weighted by atomic mass is 35.5. The maximum atomic E-state index is 9.30. The molecule has 2 heterocycles. The average Bonchev–Trinajstić information content (AvgIpc) is 2.76. The summed E-state index contributed by atoms with van der Waals surface area (Å²) >= 11 is 12.0. The molecule has 0 aliphatic heterocycles. The lowest BCUT2D eigenvalue weighted by Gasteiger charge is -2.01. The van der Waals surface area contributed by atoms with E-state index in [1.54, 1.807) is 41.2 Å². The van der Waals surface area contributed by atoms with Gasteiger partial charge in [0.2, 0.25) is 0 Å². The largest absolute Gasteiger partial charge is 0.236 e. The molecule has 0 atom stereocenters. The van der Waals surface area contributed by atoms with Crippen LogP contribution in [0.5, 0.6) is 0 Å². The Kier molecular flexibility index (Phi) is 2.86. The number of hydrogen-bond donors (Lipinski definition) is 0. The van der Waals surface area contributed by atoms with Gasteiger partial charge in [-0.15, -0.1) is 0 Å². The lowest BCUT2D eigenvalue weighted by Crippen LogP contribution is -1.87. The quantitative estimate of drug-likeness (QED) is 0.688. The third-order valence-corrected chi connectivity index (χ3v) is 3.24. The summed E-state index contributed by atoms with van der Waals surface area (Å²) in [5, 5.41) is 14.6. The van der Waals surface area contributed by atoms with Crippen LogP contribution in [0.25, 0.3) is 16.9 Å². The molecule has 2 aromatic heterocycles. The van der Waals surface area contributed by atoms with Crippen LogP contribution in [0.1, 0.15) is 5.56 Å². The van der Waals surface area contributed by atoms with E-state index < -0.39 is 0 Å². The van der Waals surface area contributed by atoms with Gasteiger partial charge in [-0.25, -0.2) is 9.50 Å². The molecule has 1 aromatic carbocycles. The number of rotatable bonds is 1. The summed E-state index contributed by atoms with van der Waals surface area (Å²) < 4.78 is 1.55. The Balaban J connectivity index is 2.34. The van der Waals surface area contributed by atoms with Crippen LogP contribution < -0.4 is 0 Å². The Morgan fingerprint density at radius 2 is 2.11 bits per heavy atom. The molecule has 3 aromatic rings. The number of nitrogens with zero attached hydrogens (tertiary/aromatic N) is 4. The number of benzene rings is 1. The number of hydrogen-bond acceptors (Lipinski definition) is 3. The SMILES string of the molecule is N#Cc1c(-c2ccc(Cl)cc2Cl)nn2cccnc12. The van der Waals surface area contributed by atoms with Crippen LogP contribution in [0.15, 0.2) is 36.7 Å². The van der Waals surface area contributed by atoms with E-state index in [9.17, 15) is 5.26 Å². The van der Waals surface area contributed by atoms with Crippen molar-refractivity contribution in [1.82, 2.24) is 14.6 Å². The number of nitriles is 1. The summed E-state index contributed by atoms with van der Waals surface area (Å²) in [6.07, 6.45) is 3.35. The zero-order valence-corrected chi connectivity index (χ0v) is 11.0. The second-order valence-corrected chi connectivity index (χ2v) is 4.69. The van der Waals surface area contributed by atoms with Gasteiger partial charge in [0.1, 0.15) is 17.3 Å². The minimum atomic E-state index is 0.393. The van der Waals surface area contributed by atoms with E-state index in [1.165, 1.54) is 0 Å². The van der Waals surface area contributed by atoms with Crippen LogP contribution in [-0.2, 0) is 0 Å². The van der Waals surface area contributed by atoms with Crippen LogP contribution in [-0.4, -0.2) is 14.6 Å². The van der Waals surface area contributed by atoms with Crippen molar-refractivity contribution in [2.45, 2.75) is 0 Å². The standard InChI is InChI=1S/C13H6Cl2N4/c14-8-2-3-9(11(15)6-8)12-10(7-16)13-17-4-1-5-19(13)18-12/h1-6H. The van der Waals surface area contributed by atoms with Gasteiger partial charge in [-0.2, -0.15) is 10.4 Å². The van der Waals surface area contributed by atoms with Gasteiger partial charge in [-0.05, 0) is 24.3 Å². The van der Waals surface area contributed by atoms with Crippen LogP contribution >= 0.6 is 23.2 Å². The fourth-order valence-electron chi connectivity index (χ4n) is 1.86. The monoisotopic (exact) mass is 288 g/mol. The van der Waals surface area contributed by atoms with Crippen molar-refractivity contribution in [2.24, 2.45) is 0 Å². The molecule has 0 aliphatic carbocycles. The molecule has 0 bridgehead atoms. The van der Waals surface area contributed by atoms with E-state index in [2.05, 4.69) is 16.2 Å². The lowest BCUT2D eigenvalue weighted by atomic mass is 10.1. The van der Waals surface area contributed by atoms with Crippen molar-refractivity contribution >= 4 is 28.8 Å². The molecule has 0 fully saturated rings. The van der Waals surface area contributed by atoms with Crippen molar-refractivity contribution in [1.29, 1.82) is 5.26 Å². The molecule has 0 amide bonds. The molecule has 0 radical (unpaired) electrons. The van der Waals surface area contributed by atoms with Crippen LogP contribution in [0.4, 0.5) is 0 Å². The Hall–Kier alpha value is -2.09. The molecule has 0 unspecified atom stereocenters. The van der Waals surface area contributed by atoms with E-state index in [4.69, 9.17) is 23.2 Å². The fraction of sp³-hybridized carbons (Fsp3) is 0. The summed E-state index contributed by atoms with van der Waals surface area (Å²) in [5.41, 5.74) is 2.06. The third kappa shape index (κ3) is 1.93. The zero-order chi connectivity index (χ0) is 13.4. The Morgan fingerprint density at radius 3 is 2.84 bits per heavy atom. The summed E-state index contributed by atoms with van der Waals surface area (Å²) in [6, 6.07) is 8.94. The minimum Gasteiger partial charge on any atom is -0.236 e. The van der Waals surface area contributed by atoms with E-state index in [0.717, 1.165) is 0 Å². The fourth-order valence-corrected chi connectivity index (χ4v) is 2.36. The molecule has 0 aliphatic rings. The van der Waals surface area contributed by atoms with Crippen molar-refractivity contribution in [3.8, 4) is 17.3 Å². The second-order valence-electron chi connectivity index (χ2n) is 3.85. The predicted molar refractivity (Wildman–Crippen MR) is 73.2 cm³/mol. The number of halogens is 2. The highest BCUT2D eigenvalue weighted by Crippen LogP contribution is 2.32. The van der Waals surface area contributed by atoms with Gasteiger partial charge >= 0.3 is 0 Å². The van der Waals surface area contributed by atoms with Gasteiger partial charge < -0.3 is 0 Å². The summed E-state index contributed by atoms with van der Waals surface area (Å²) in [7, 11) is 0. The highest BCUT2D eigenvalue weighted by Gasteiger charge is 2.17. The molecule has 0 spiro atoms. The van der Waals surface area contributed by atoms with E-state index in [1.807, 2.05) is 0 Å². The maximum Gasteiger partial charge on any atom is 0.173 e. The average molecular weight is 289 g/mol. The molecule has 6 heteroatoms. The molecular formula is C13H6Cl2N4. The first-order valence-electron chi connectivity index (χ1n) is 5.39. The first kappa shape index (κ1) is 12.0. The molecular weight excluding hydrogens is 283 g/mol. The Morgan fingerprint density at radius 1 is 1.26 bits per heavy atom. The van der Waals surface area contributed by atoms with E-state index in [-0.39, 0.29) is 0 Å². The van der Waals surface area contributed by atoms with Crippen LogP contribution in [0.3, 0.4) is 0 Å². The lowest BCUT2D eigenvalue weighted by molar-refractivity contribution is 0.943.